The number of anilines is 3. The van der Waals surface area contributed by atoms with E-state index in [1.807, 2.05) is 30.3 Å². The van der Waals surface area contributed by atoms with Gasteiger partial charge in [0.1, 0.15) is 11.6 Å². The third-order valence-electron chi connectivity index (χ3n) is 7.05. The second-order valence-electron chi connectivity index (χ2n) is 9.32. The number of nitrogens with zero attached hydrogens (tertiary/aromatic N) is 3. The van der Waals surface area contributed by atoms with Crippen molar-refractivity contribution in [3.05, 3.63) is 42.0 Å². The van der Waals surface area contributed by atoms with Gasteiger partial charge in [0, 0.05) is 37.6 Å². The molecule has 0 atom stereocenters. The van der Waals surface area contributed by atoms with Crippen molar-refractivity contribution in [2.24, 2.45) is 5.41 Å². The molecule has 2 aliphatic heterocycles. The van der Waals surface area contributed by atoms with Crippen molar-refractivity contribution in [1.82, 2.24) is 9.71 Å². The number of aromatic nitrogens is 1. The minimum absolute atomic E-state index is 0.0884. The van der Waals surface area contributed by atoms with Crippen molar-refractivity contribution in [2.75, 3.05) is 67.7 Å². The van der Waals surface area contributed by atoms with Crippen molar-refractivity contribution >= 4 is 35.2 Å². The Morgan fingerprint density at radius 2 is 1.85 bits per heavy atom. The molecule has 0 radical (unpaired) electrons. The van der Waals surface area contributed by atoms with Gasteiger partial charge in [-0.2, -0.15) is 0 Å². The zero-order valence-corrected chi connectivity index (χ0v) is 20.3. The smallest absolute Gasteiger partial charge is 0.258 e. The van der Waals surface area contributed by atoms with E-state index in [0.717, 1.165) is 42.6 Å². The molecule has 0 unspecified atom stereocenters. The highest BCUT2D eigenvalue weighted by molar-refractivity contribution is 7.97. The van der Waals surface area contributed by atoms with Gasteiger partial charge in [-0.25, -0.2) is 4.98 Å². The van der Waals surface area contributed by atoms with Crippen LogP contribution in [-0.2, 0) is 4.74 Å². The molecule has 1 aliphatic carbocycles. The first-order valence-corrected chi connectivity index (χ1v) is 13.0. The summed E-state index contributed by atoms with van der Waals surface area (Å²) in [6.07, 6.45) is 5.08. The summed E-state index contributed by atoms with van der Waals surface area (Å²) < 4.78 is 8.59. The van der Waals surface area contributed by atoms with Gasteiger partial charge in [0.25, 0.3) is 5.91 Å². The molecule has 182 valence electrons. The van der Waals surface area contributed by atoms with Crippen molar-refractivity contribution < 1.29 is 14.6 Å². The highest BCUT2D eigenvalue weighted by Crippen LogP contribution is 2.54. The fourth-order valence-corrected chi connectivity index (χ4v) is 5.42. The fraction of sp³-hybridized carbons (Fsp3) is 0.520. The number of pyridine rings is 1. The van der Waals surface area contributed by atoms with Crippen molar-refractivity contribution in [3.63, 3.8) is 0 Å². The molecule has 2 saturated heterocycles. The summed E-state index contributed by atoms with van der Waals surface area (Å²) in [6.45, 7) is 5.53. The standard InChI is InChI=1S/C25H33N5O3S/c31-15-10-26-34-19-4-5-20(21(18-19)29-11-8-25(6-7-25)9-12-29)24(32)28-22-2-1-3-23(27-22)30-13-16-33-17-14-30/h1-5,18,26,31H,6-17H2,(H,27,28,32). The van der Waals surface area contributed by atoms with Gasteiger partial charge >= 0.3 is 0 Å². The number of benzene rings is 1. The number of hydrogen-bond acceptors (Lipinski definition) is 8. The number of piperidine rings is 1. The summed E-state index contributed by atoms with van der Waals surface area (Å²) in [4.78, 5) is 23.7. The molecule has 5 rings (SSSR count). The number of amides is 1. The van der Waals surface area contributed by atoms with Crippen LogP contribution in [0.4, 0.5) is 17.3 Å². The zero-order chi connectivity index (χ0) is 23.4. The third-order valence-corrected chi connectivity index (χ3v) is 7.89. The van der Waals surface area contributed by atoms with Gasteiger partial charge in [0.15, 0.2) is 0 Å². The second-order valence-corrected chi connectivity index (χ2v) is 10.3. The molecular formula is C25H33N5O3S. The Morgan fingerprint density at radius 3 is 2.59 bits per heavy atom. The lowest BCUT2D eigenvalue weighted by molar-refractivity contribution is 0.102. The highest BCUT2D eigenvalue weighted by Gasteiger charge is 2.44. The predicted octanol–water partition coefficient (Wildman–Crippen LogP) is 3.14. The second kappa shape index (κ2) is 10.5. The van der Waals surface area contributed by atoms with E-state index in [9.17, 15) is 4.79 Å². The van der Waals surface area contributed by atoms with E-state index in [1.165, 1.54) is 37.6 Å². The molecule has 3 fully saturated rings. The molecule has 9 heteroatoms. The average Bonchev–Trinajstić information content (AvgIpc) is 3.64. The van der Waals surface area contributed by atoms with E-state index in [4.69, 9.17) is 9.84 Å². The largest absolute Gasteiger partial charge is 0.395 e. The van der Waals surface area contributed by atoms with E-state index in [2.05, 4.69) is 30.9 Å². The molecule has 1 aromatic carbocycles. The number of ether oxygens (including phenoxy) is 1. The SMILES string of the molecule is O=C(Nc1cccc(N2CCOCC2)n1)c1ccc(SNCCO)cc1N1CCC2(CC1)CC2. The summed E-state index contributed by atoms with van der Waals surface area (Å²) in [6, 6.07) is 11.7. The van der Waals surface area contributed by atoms with Crippen LogP contribution in [0.1, 0.15) is 36.0 Å². The molecule has 34 heavy (non-hydrogen) atoms. The zero-order valence-electron chi connectivity index (χ0n) is 19.5. The lowest BCUT2D eigenvalue weighted by Gasteiger charge is -2.35. The highest BCUT2D eigenvalue weighted by atomic mass is 32.2. The number of nitrogens with one attached hydrogen (secondary N) is 2. The summed E-state index contributed by atoms with van der Waals surface area (Å²) in [5.41, 5.74) is 2.20. The van der Waals surface area contributed by atoms with E-state index in [1.54, 1.807) is 0 Å². The molecular weight excluding hydrogens is 450 g/mol. The molecule has 3 heterocycles. The van der Waals surface area contributed by atoms with Crippen LogP contribution >= 0.6 is 11.9 Å². The number of aliphatic hydroxyl groups is 1. The Morgan fingerprint density at radius 1 is 1.06 bits per heavy atom. The fourth-order valence-electron chi connectivity index (χ4n) is 4.75. The Balaban J connectivity index is 1.34. The van der Waals surface area contributed by atoms with E-state index in [-0.39, 0.29) is 12.5 Å². The van der Waals surface area contributed by atoms with Crippen LogP contribution in [0.3, 0.4) is 0 Å². The summed E-state index contributed by atoms with van der Waals surface area (Å²) in [7, 11) is 0. The van der Waals surface area contributed by atoms with E-state index >= 15 is 0 Å². The van der Waals surface area contributed by atoms with Gasteiger partial charge < -0.3 is 25.0 Å². The van der Waals surface area contributed by atoms with Gasteiger partial charge in [-0.15, -0.1) is 0 Å². The Bertz CT molecular complexity index is 1000. The van der Waals surface area contributed by atoms with Crippen LogP contribution in [0.15, 0.2) is 41.3 Å². The first-order chi connectivity index (χ1) is 16.7. The maximum Gasteiger partial charge on any atom is 0.258 e. The van der Waals surface area contributed by atoms with Gasteiger partial charge in [-0.05, 0) is 73.4 Å². The van der Waals surface area contributed by atoms with Crippen LogP contribution in [0.2, 0.25) is 0 Å². The minimum Gasteiger partial charge on any atom is -0.395 e. The van der Waals surface area contributed by atoms with Crippen LogP contribution in [0.25, 0.3) is 0 Å². The van der Waals surface area contributed by atoms with Crippen LogP contribution in [-0.4, -0.2) is 68.5 Å². The summed E-state index contributed by atoms with van der Waals surface area (Å²) >= 11 is 1.48. The number of rotatable bonds is 8. The summed E-state index contributed by atoms with van der Waals surface area (Å²) in [5, 5.41) is 12.1. The monoisotopic (exact) mass is 483 g/mol. The Labute approximate surface area is 205 Å². The predicted molar refractivity (Wildman–Crippen MR) is 136 cm³/mol. The molecule has 0 bridgehead atoms. The lowest BCUT2D eigenvalue weighted by atomic mass is 9.93. The molecule has 1 spiro atoms. The van der Waals surface area contributed by atoms with Crippen LogP contribution in [0.5, 0.6) is 0 Å². The topological polar surface area (TPSA) is 90.0 Å². The third kappa shape index (κ3) is 5.49. The maximum atomic E-state index is 13.4. The molecule has 3 aliphatic rings. The Hall–Kier alpha value is -2.33. The molecule has 1 amide bonds. The first-order valence-electron chi connectivity index (χ1n) is 12.2. The Kier molecular flexibility index (Phi) is 7.24. The molecule has 2 aromatic rings. The van der Waals surface area contributed by atoms with E-state index in [0.29, 0.717) is 36.6 Å². The summed E-state index contributed by atoms with van der Waals surface area (Å²) in [5.74, 6) is 1.26. The van der Waals surface area contributed by atoms with Crippen LogP contribution < -0.4 is 19.8 Å². The number of carbonyl (C=O) groups excluding carboxylic acids is 1. The minimum atomic E-state index is -0.145. The van der Waals surface area contributed by atoms with Crippen molar-refractivity contribution in [2.45, 2.75) is 30.6 Å². The number of carbonyl (C=O) groups is 1. The lowest BCUT2D eigenvalue weighted by Crippen LogP contribution is -2.37. The van der Waals surface area contributed by atoms with Gasteiger partial charge in [0.05, 0.1) is 31.1 Å². The normalized spacial score (nSPS) is 19.3. The first kappa shape index (κ1) is 23.4. The number of morpholine rings is 1. The maximum absolute atomic E-state index is 13.4. The molecule has 1 aromatic heterocycles. The van der Waals surface area contributed by atoms with Gasteiger partial charge in [-0.3, -0.25) is 9.52 Å². The van der Waals surface area contributed by atoms with Gasteiger partial charge in [0.2, 0.25) is 0 Å². The van der Waals surface area contributed by atoms with Crippen LogP contribution in [0, 0.1) is 5.41 Å². The molecule has 1 saturated carbocycles. The average molecular weight is 484 g/mol. The quantitative estimate of drug-likeness (QED) is 0.390. The number of aliphatic hydroxyl groups excluding tert-OH is 1. The van der Waals surface area contributed by atoms with Crippen molar-refractivity contribution in [1.29, 1.82) is 0 Å². The van der Waals surface area contributed by atoms with Gasteiger partial charge in [-0.1, -0.05) is 6.07 Å². The van der Waals surface area contributed by atoms with E-state index < -0.39 is 0 Å². The number of hydrogen-bond donors (Lipinski definition) is 3. The molecule has 8 nitrogen and oxygen atoms in total. The molecule has 3 N–H and O–H groups in total. The van der Waals surface area contributed by atoms with Crippen molar-refractivity contribution in [3.8, 4) is 0 Å².